The number of aromatic nitrogens is 4. The van der Waals surface area contributed by atoms with Crippen molar-refractivity contribution in [3.63, 3.8) is 0 Å². The number of carbonyl (C=O) groups excluding carboxylic acids is 2. The lowest BCUT2D eigenvalue weighted by atomic mass is 10.2. The Bertz CT molecular complexity index is 816. The van der Waals surface area contributed by atoms with E-state index in [0.717, 1.165) is 5.69 Å². The first-order valence-corrected chi connectivity index (χ1v) is 7.70. The normalized spacial score (nSPS) is 16.2. The molecule has 1 aliphatic rings. The van der Waals surface area contributed by atoms with Crippen LogP contribution in [-0.2, 0) is 25.5 Å². The number of anilines is 1. The molecule has 1 aromatic heterocycles. The van der Waals surface area contributed by atoms with Crippen LogP contribution in [0.4, 0.5) is 5.69 Å². The van der Waals surface area contributed by atoms with Crippen LogP contribution in [0, 0.1) is 0 Å². The Labute approximate surface area is 143 Å². The lowest BCUT2D eigenvalue weighted by Gasteiger charge is -2.29. The number of hydrogen-bond acceptors (Lipinski definition) is 8. The molecule has 25 heavy (non-hydrogen) atoms. The summed E-state index contributed by atoms with van der Waals surface area (Å²) in [4.78, 5) is 25.1. The molecule has 0 bridgehead atoms. The van der Waals surface area contributed by atoms with Gasteiger partial charge in [-0.1, -0.05) is 6.92 Å². The Morgan fingerprint density at radius 2 is 1.80 bits per heavy atom. The molecular formula is C16H17N5O4. The van der Waals surface area contributed by atoms with E-state index in [9.17, 15) is 9.59 Å². The number of cyclic esters (lactones) is 2. The monoisotopic (exact) mass is 343 g/mol. The van der Waals surface area contributed by atoms with Gasteiger partial charge < -0.3 is 14.8 Å². The zero-order chi connectivity index (χ0) is 18.0. The zero-order valence-electron chi connectivity index (χ0n) is 14.0. The van der Waals surface area contributed by atoms with Gasteiger partial charge in [-0.3, -0.25) is 0 Å². The van der Waals surface area contributed by atoms with Crippen molar-refractivity contribution >= 4 is 17.6 Å². The molecule has 1 N–H and O–H groups in total. The summed E-state index contributed by atoms with van der Waals surface area (Å²) in [5, 5.41) is 15.0. The molecule has 0 unspecified atom stereocenters. The van der Waals surface area contributed by atoms with Crippen LogP contribution < -0.4 is 5.32 Å². The number of tetrazole rings is 1. The summed E-state index contributed by atoms with van der Waals surface area (Å²) < 4.78 is 10.0. The zero-order valence-corrected chi connectivity index (χ0v) is 14.0. The number of nitrogens with zero attached hydrogens (tertiary/aromatic N) is 4. The summed E-state index contributed by atoms with van der Waals surface area (Å²) in [5.74, 6) is -2.06. The molecule has 130 valence electrons. The van der Waals surface area contributed by atoms with Gasteiger partial charge in [-0.15, -0.1) is 15.0 Å². The molecule has 3 rings (SSSR count). The molecule has 1 saturated heterocycles. The number of esters is 2. The Morgan fingerprint density at radius 3 is 2.36 bits per heavy atom. The standard InChI is InChI=1S/C16H17N5O4/c1-4-13-18-20-21(19-13)11-7-5-10(6-8-11)17-9-12-14(22)24-16(2,3)25-15(12)23/h5-9,17H,4H2,1-3H3. The minimum absolute atomic E-state index is 0.200. The van der Waals surface area contributed by atoms with Gasteiger partial charge in [0.25, 0.3) is 5.79 Å². The number of benzene rings is 1. The van der Waals surface area contributed by atoms with Crippen LogP contribution in [0.15, 0.2) is 36.0 Å². The molecule has 1 aliphatic heterocycles. The second kappa shape index (κ2) is 6.34. The summed E-state index contributed by atoms with van der Waals surface area (Å²) in [6.07, 6.45) is 1.97. The van der Waals surface area contributed by atoms with Gasteiger partial charge in [0.2, 0.25) is 0 Å². The van der Waals surface area contributed by atoms with Crippen LogP contribution in [-0.4, -0.2) is 37.9 Å². The molecule has 0 spiro atoms. The third-order valence-electron chi connectivity index (χ3n) is 3.37. The Kier molecular flexibility index (Phi) is 4.22. The SMILES string of the molecule is CCc1nnn(-c2ccc(NC=C3C(=O)OC(C)(C)OC3=O)cc2)n1. The van der Waals surface area contributed by atoms with Crippen LogP contribution in [0.5, 0.6) is 0 Å². The molecule has 2 aromatic rings. The second-order valence-corrected chi connectivity index (χ2v) is 5.78. The molecule has 0 atom stereocenters. The summed E-state index contributed by atoms with van der Waals surface area (Å²) in [6.45, 7) is 4.94. The summed E-state index contributed by atoms with van der Waals surface area (Å²) in [6, 6.07) is 7.07. The summed E-state index contributed by atoms with van der Waals surface area (Å²) in [5.41, 5.74) is 1.20. The van der Waals surface area contributed by atoms with Crippen molar-refractivity contribution in [3.8, 4) is 5.69 Å². The molecule has 1 fully saturated rings. The van der Waals surface area contributed by atoms with Gasteiger partial charge in [0, 0.05) is 32.2 Å². The van der Waals surface area contributed by atoms with Crippen molar-refractivity contribution in [3.05, 3.63) is 41.9 Å². The van der Waals surface area contributed by atoms with Gasteiger partial charge in [0.15, 0.2) is 11.4 Å². The number of ether oxygens (including phenoxy) is 2. The van der Waals surface area contributed by atoms with E-state index in [-0.39, 0.29) is 5.57 Å². The van der Waals surface area contributed by atoms with E-state index in [4.69, 9.17) is 9.47 Å². The Balaban J connectivity index is 1.71. The van der Waals surface area contributed by atoms with Crippen LogP contribution in [0.3, 0.4) is 0 Å². The highest BCUT2D eigenvalue weighted by atomic mass is 16.7. The molecule has 0 radical (unpaired) electrons. The van der Waals surface area contributed by atoms with Crippen molar-refractivity contribution < 1.29 is 19.1 Å². The fraction of sp³-hybridized carbons (Fsp3) is 0.312. The first-order valence-electron chi connectivity index (χ1n) is 7.70. The maximum atomic E-state index is 11.9. The van der Waals surface area contributed by atoms with Gasteiger partial charge >= 0.3 is 11.9 Å². The minimum atomic E-state index is -1.25. The molecule has 0 aliphatic carbocycles. The topological polar surface area (TPSA) is 108 Å². The first-order chi connectivity index (χ1) is 11.9. The van der Waals surface area contributed by atoms with Gasteiger partial charge in [-0.2, -0.15) is 0 Å². The van der Waals surface area contributed by atoms with Crippen molar-refractivity contribution in [2.24, 2.45) is 0 Å². The fourth-order valence-corrected chi connectivity index (χ4v) is 2.12. The van der Waals surface area contributed by atoms with Crippen LogP contribution in [0.1, 0.15) is 26.6 Å². The third kappa shape index (κ3) is 3.65. The van der Waals surface area contributed by atoms with Gasteiger partial charge in [0.05, 0.1) is 5.69 Å². The van der Waals surface area contributed by atoms with Crippen molar-refractivity contribution in [1.82, 2.24) is 20.2 Å². The number of aryl methyl sites for hydroxylation is 1. The molecule has 2 heterocycles. The number of hydrogen-bond donors (Lipinski definition) is 1. The van der Waals surface area contributed by atoms with Crippen molar-refractivity contribution in [1.29, 1.82) is 0 Å². The van der Waals surface area contributed by atoms with Gasteiger partial charge in [0.1, 0.15) is 0 Å². The van der Waals surface area contributed by atoms with Crippen LogP contribution >= 0.6 is 0 Å². The first kappa shape index (κ1) is 16.6. The number of nitrogens with one attached hydrogen (secondary N) is 1. The van der Waals surface area contributed by atoms with Crippen molar-refractivity contribution in [2.75, 3.05) is 5.32 Å². The average Bonchev–Trinajstić information content (AvgIpc) is 3.02. The van der Waals surface area contributed by atoms with Crippen LogP contribution in [0.25, 0.3) is 5.69 Å². The lowest BCUT2D eigenvalue weighted by molar-refractivity contribution is -0.222. The highest BCUT2D eigenvalue weighted by Gasteiger charge is 2.38. The largest absolute Gasteiger partial charge is 0.419 e. The van der Waals surface area contributed by atoms with E-state index in [0.29, 0.717) is 17.9 Å². The highest BCUT2D eigenvalue weighted by Crippen LogP contribution is 2.22. The highest BCUT2D eigenvalue weighted by molar-refractivity contribution is 6.15. The third-order valence-corrected chi connectivity index (χ3v) is 3.37. The maximum absolute atomic E-state index is 11.9. The van der Waals surface area contributed by atoms with E-state index >= 15 is 0 Å². The molecule has 9 nitrogen and oxygen atoms in total. The second-order valence-electron chi connectivity index (χ2n) is 5.78. The van der Waals surface area contributed by atoms with Crippen LogP contribution in [0.2, 0.25) is 0 Å². The van der Waals surface area contributed by atoms with Gasteiger partial charge in [-0.05, 0) is 29.5 Å². The van der Waals surface area contributed by atoms with E-state index < -0.39 is 17.7 Å². The Hall–Kier alpha value is -3.23. The predicted molar refractivity (Wildman–Crippen MR) is 86.5 cm³/mol. The summed E-state index contributed by atoms with van der Waals surface area (Å²) >= 11 is 0. The number of rotatable bonds is 4. The van der Waals surface area contributed by atoms with Crippen molar-refractivity contribution in [2.45, 2.75) is 33.0 Å². The molecule has 9 heteroatoms. The smallest absolute Gasteiger partial charge is 0.350 e. The van der Waals surface area contributed by atoms with E-state index in [1.807, 2.05) is 6.92 Å². The number of carbonyl (C=O) groups is 2. The van der Waals surface area contributed by atoms with Gasteiger partial charge in [-0.25, -0.2) is 9.59 Å². The quantitative estimate of drug-likeness (QED) is 0.503. The minimum Gasteiger partial charge on any atom is -0.419 e. The Morgan fingerprint density at radius 1 is 1.16 bits per heavy atom. The fourth-order valence-electron chi connectivity index (χ4n) is 2.12. The van der Waals surface area contributed by atoms with E-state index in [1.165, 1.54) is 24.8 Å². The lowest BCUT2D eigenvalue weighted by Crippen LogP contribution is -2.42. The van der Waals surface area contributed by atoms with E-state index in [1.54, 1.807) is 24.3 Å². The predicted octanol–water partition coefficient (Wildman–Crippen LogP) is 1.36. The van der Waals surface area contributed by atoms with E-state index in [2.05, 4.69) is 20.7 Å². The summed E-state index contributed by atoms with van der Waals surface area (Å²) in [7, 11) is 0. The molecule has 0 saturated carbocycles. The maximum Gasteiger partial charge on any atom is 0.350 e. The molecule has 0 amide bonds. The molecular weight excluding hydrogens is 326 g/mol. The molecule has 1 aromatic carbocycles. The average molecular weight is 343 g/mol.